The van der Waals surface area contributed by atoms with Crippen LogP contribution in [0, 0.1) is 28.9 Å². The Morgan fingerprint density at radius 1 is 1.50 bits per heavy atom. The average Bonchev–Trinajstić information content (AvgIpc) is 2.93. The Balaban J connectivity index is 2.30. The van der Waals surface area contributed by atoms with Crippen LogP contribution in [0.3, 0.4) is 0 Å². The smallest absolute Gasteiger partial charge is 0.270 e. The maximum Gasteiger partial charge on any atom is 0.270 e. The summed E-state index contributed by atoms with van der Waals surface area (Å²) < 4.78 is 0. The minimum atomic E-state index is -0.362. The number of non-ortho nitro benzene ring substituents is 1. The largest absolute Gasteiger partial charge is 0.324 e. The SMILES string of the molecule is Cc1cc(C(N)C2CC2C)cc([N+](=O)[O-])c1. The lowest BCUT2D eigenvalue weighted by atomic mass is 9.99. The summed E-state index contributed by atoms with van der Waals surface area (Å²) in [6.07, 6.45) is 1.13. The number of hydrogen-bond acceptors (Lipinski definition) is 3. The van der Waals surface area contributed by atoms with Crippen LogP contribution in [0.4, 0.5) is 5.69 Å². The molecule has 86 valence electrons. The molecule has 0 bridgehead atoms. The molecule has 0 amide bonds. The van der Waals surface area contributed by atoms with Crippen LogP contribution in [-0.4, -0.2) is 4.92 Å². The molecule has 2 rings (SSSR count). The normalized spacial score (nSPS) is 25.2. The van der Waals surface area contributed by atoms with Crippen molar-refractivity contribution in [3.63, 3.8) is 0 Å². The summed E-state index contributed by atoms with van der Waals surface area (Å²) in [5.41, 5.74) is 8.03. The number of hydrogen-bond donors (Lipinski definition) is 1. The second-order valence-corrected chi connectivity index (χ2v) is 4.76. The molecule has 0 saturated heterocycles. The van der Waals surface area contributed by atoms with E-state index in [1.54, 1.807) is 12.1 Å². The van der Waals surface area contributed by atoms with Gasteiger partial charge in [0.1, 0.15) is 0 Å². The lowest BCUT2D eigenvalue weighted by molar-refractivity contribution is -0.385. The molecule has 0 aromatic heterocycles. The molecular weight excluding hydrogens is 204 g/mol. The maximum absolute atomic E-state index is 10.7. The van der Waals surface area contributed by atoms with E-state index >= 15 is 0 Å². The van der Waals surface area contributed by atoms with Crippen LogP contribution in [0.2, 0.25) is 0 Å². The van der Waals surface area contributed by atoms with Gasteiger partial charge in [-0.1, -0.05) is 13.0 Å². The standard InChI is InChI=1S/C12H16N2O2/c1-7-3-9(6-10(4-7)14(15)16)12(13)11-5-8(11)2/h3-4,6,8,11-12H,5,13H2,1-2H3. The van der Waals surface area contributed by atoms with Crippen molar-refractivity contribution in [1.82, 2.24) is 0 Å². The van der Waals surface area contributed by atoms with Crippen LogP contribution in [-0.2, 0) is 0 Å². The third kappa shape index (κ3) is 2.07. The van der Waals surface area contributed by atoms with E-state index in [1.165, 1.54) is 0 Å². The number of benzene rings is 1. The van der Waals surface area contributed by atoms with Crippen molar-refractivity contribution in [2.45, 2.75) is 26.3 Å². The second kappa shape index (κ2) is 3.87. The van der Waals surface area contributed by atoms with E-state index in [0.717, 1.165) is 17.5 Å². The number of nitro benzene ring substituents is 1. The molecule has 4 nitrogen and oxygen atoms in total. The molecule has 0 heterocycles. The second-order valence-electron chi connectivity index (χ2n) is 4.76. The van der Waals surface area contributed by atoms with Crippen LogP contribution >= 0.6 is 0 Å². The molecule has 1 fully saturated rings. The molecule has 1 aromatic rings. The highest BCUT2D eigenvalue weighted by Crippen LogP contribution is 2.46. The lowest BCUT2D eigenvalue weighted by Gasteiger charge is -2.11. The Morgan fingerprint density at radius 2 is 2.12 bits per heavy atom. The number of nitrogens with zero attached hydrogens (tertiary/aromatic N) is 1. The van der Waals surface area contributed by atoms with Crippen molar-refractivity contribution in [3.05, 3.63) is 39.4 Å². The highest BCUT2D eigenvalue weighted by atomic mass is 16.6. The quantitative estimate of drug-likeness (QED) is 0.628. The van der Waals surface area contributed by atoms with Crippen LogP contribution < -0.4 is 5.73 Å². The van der Waals surface area contributed by atoms with Crippen molar-refractivity contribution < 1.29 is 4.92 Å². The summed E-state index contributed by atoms with van der Waals surface area (Å²) in [4.78, 5) is 10.4. The zero-order valence-electron chi connectivity index (χ0n) is 9.51. The summed E-state index contributed by atoms with van der Waals surface area (Å²) in [7, 11) is 0. The molecule has 3 atom stereocenters. The van der Waals surface area contributed by atoms with E-state index in [-0.39, 0.29) is 16.7 Å². The summed E-state index contributed by atoms with van der Waals surface area (Å²) >= 11 is 0. The number of rotatable bonds is 3. The third-order valence-corrected chi connectivity index (χ3v) is 3.31. The molecule has 1 aromatic carbocycles. The molecule has 1 saturated carbocycles. The summed E-state index contributed by atoms with van der Waals surface area (Å²) in [6, 6.07) is 5.06. The summed E-state index contributed by atoms with van der Waals surface area (Å²) in [5, 5.41) is 10.7. The maximum atomic E-state index is 10.7. The first-order valence-electron chi connectivity index (χ1n) is 5.50. The Labute approximate surface area is 94.6 Å². The molecule has 3 unspecified atom stereocenters. The average molecular weight is 220 g/mol. The van der Waals surface area contributed by atoms with Gasteiger partial charge in [-0.2, -0.15) is 0 Å². The van der Waals surface area contributed by atoms with Crippen LogP contribution in [0.15, 0.2) is 18.2 Å². The number of nitro groups is 1. The van der Waals surface area contributed by atoms with Gasteiger partial charge in [-0.25, -0.2) is 0 Å². The molecule has 0 spiro atoms. The molecular formula is C12H16N2O2. The third-order valence-electron chi connectivity index (χ3n) is 3.31. The van der Waals surface area contributed by atoms with Gasteiger partial charge in [-0.15, -0.1) is 0 Å². The highest BCUT2D eigenvalue weighted by Gasteiger charge is 2.38. The van der Waals surface area contributed by atoms with E-state index in [2.05, 4.69) is 6.92 Å². The topological polar surface area (TPSA) is 69.2 Å². The fraction of sp³-hybridized carbons (Fsp3) is 0.500. The number of aryl methyl sites for hydroxylation is 1. The van der Waals surface area contributed by atoms with Crippen LogP contribution in [0.1, 0.15) is 30.5 Å². The lowest BCUT2D eigenvalue weighted by Crippen LogP contribution is -2.13. The van der Waals surface area contributed by atoms with Crippen molar-refractivity contribution in [1.29, 1.82) is 0 Å². The first-order valence-corrected chi connectivity index (χ1v) is 5.50. The highest BCUT2D eigenvalue weighted by molar-refractivity contribution is 5.40. The van der Waals surface area contributed by atoms with Gasteiger partial charge in [0.2, 0.25) is 0 Å². The Morgan fingerprint density at radius 3 is 2.62 bits per heavy atom. The fourth-order valence-corrected chi connectivity index (χ4v) is 2.19. The molecule has 4 heteroatoms. The van der Waals surface area contributed by atoms with E-state index in [9.17, 15) is 10.1 Å². The predicted octanol–water partition coefficient (Wildman–Crippen LogP) is 2.56. The first kappa shape index (κ1) is 11.1. The minimum absolute atomic E-state index is 0.0615. The van der Waals surface area contributed by atoms with Gasteiger partial charge in [0, 0.05) is 18.2 Å². The predicted molar refractivity (Wildman–Crippen MR) is 62.0 cm³/mol. The van der Waals surface area contributed by atoms with Crippen molar-refractivity contribution >= 4 is 5.69 Å². The van der Waals surface area contributed by atoms with Gasteiger partial charge in [0.15, 0.2) is 0 Å². The van der Waals surface area contributed by atoms with Crippen molar-refractivity contribution in [2.24, 2.45) is 17.6 Å². The molecule has 16 heavy (non-hydrogen) atoms. The zero-order valence-corrected chi connectivity index (χ0v) is 9.51. The summed E-state index contributed by atoms with van der Waals surface area (Å²) in [6.45, 7) is 4.02. The van der Waals surface area contributed by atoms with Gasteiger partial charge in [0.05, 0.1) is 4.92 Å². The fourth-order valence-electron chi connectivity index (χ4n) is 2.19. The monoisotopic (exact) mass is 220 g/mol. The van der Waals surface area contributed by atoms with Crippen LogP contribution in [0.5, 0.6) is 0 Å². The minimum Gasteiger partial charge on any atom is -0.324 e. The van der Waals surface area contributed by atoms with Gasteiger partial charge in [0.25, 0.3) is 5.69 Å². The Hall–Kier alpha value is -1.42. The van der Waals surface area contributed by atoms with Crippen molar-refractivity contribution in [2.75, 3.05) is 0 Å². The van der Waals surface area contributed by atoms with Gasteiger partial charge >= 0.3 is 0 Å². The van der Waals surface area contributed by atoms with Gasteiger partial charge in [-0.05, 0) is 36.3 Å². The van der Waals surface area contributed by atoms with Crippen molar-refractivity contribution in [3.8, 4) is 0 Å². The zero-order chi connectivity index (χ0) is 11.9. The molecule has 1 aliphatic rings. The van der Waals surface area contributed by atoms with Crippen LogP contribution in [0.25, 0.3) is 0 Å². The van der Waals surface area contributed by atoms with Gasteiger partial charge < -0.3 is 5.73 Å². The first-order chi connectivity index (χ1) is 7.49. The molecule has 2 N–H and O–H groups in total. The summed E-state index contributed by atoms with van der Waals surface area (Å²) in [5.74, 6) is 1.14. The van der Waals surface area contributed by atoms with E-state index in [0.29, 0.717) is 11.8 Å². The Kier molecular flexibility index (Phi) is 2.68. The number of nitrogens with two attached hydrogens (primary N) is 1. The molecule has 1 aliphatic carbocycles. The van der Waals surface area contributed by atoms with E-state index < -0.39 is 0 Å². The van der Waals surface area contributed by atoms with Gasteiger partial charge in [-0.3, -0.25) is 10.1 Å². The van der Waals surface area contributed by atoms with E-state index in [1.807, 2.05) is 13.0 Å². The van der Waals surface area contributed by atoms with E-state index in [4.69, 9.17) is 5.73 Å². The molecule has 0 radical (unpaired) electrons. The Bertz CT molecular complexity index is 431. The molecule has 0 aliphatic heterocycles.